The number of nitrogens with zero attached hydrogens (tertiary/aromatic N) is 3. The van der Waals surface area contributed by atoms with Crippen molar-refractivity contribution in [3.8, 4) is 11.4 Å². The number of rotatable bonds is 5. The van der Waals surface area contributed by atoms with Crippen molar-refractivity contribution >= 4 is 46.1 Å². The van der Waals surface area contributed by atoms with Gasteiger partial charge in [0.15, 0.2) is 0 Å². The van der Waals surface area contributed by atoms with Gasteiger partial charge in [-0.15, -0.1) is 0 Å². The Morgan fingerprint density at radius 3 is 2.59 bits per heavy atom. The highest BCUT2D eigenvalue weighted by atomic mass is 35.5. The monoisotopic (exact) mass is 502 g/mol. The Morgan fingerprint density at radius 2 is 1.91 bits per heavy atom. The minimum Gasteiger partial charge on any atom is -0.496 e. The zero-order chi connectivity index (χ0) is 23.8. The smallest absolute Gasteiger partial charge is 0.223 e. The summed E-state index contributed by atoms with van der Waals surface area (Å²) in [6.45, 7) is 4.82. The molecule has 1 aromatic heterocycles. The van der Waals surface area contributed by atoms with E-state index in [1.165, 1.54) is 0 Å². The van der Waals surface area contributed by atoms with Gasteiger partial charge in [0.1, 0.15) is 5.75 Å². The fraction of sp³-hybridized carbons (Fsp3) is 0.440. The molecule has 1 N–H and O–H groups in total. The highest BCUT2D eigenvalue weighted by molar-refractivity contribution is 6.42. The largest absolute Gasteiger partial charge is 0.496 e. The number of imidazole rings is 1. The number of nitrogens with one attached hydrogen (secondary N) is 1. The van der Waals surface area contributed by atoms with Crippen LogP contribution < -0.4 is 15.0 Å². The van der Waals surface area contributed by atoms with Crippen molar-refractivity contribution in [3.05, 3.63) is 45.9 Å². The summed E-state index contributed by atoms with van der Waals surface area (Å²) in [5, 5.41) is 4.11. The van der Waals surface area contributed by atoms with Crippen LogP contribution in [0.5, 0.6) is 5.75 Å². The minimum absolute atomic E-state index is 0.00166. The van der Waals surface area contributed by atoms with Crippen molar-refractivity contribution in [2.24, 2.45) is 5.92 Å². The van der Waals surface area contributed by atoms with Crippen LogP contribution in [0.1, 0.15) is 24.8 Å². The minimum atomic E-state index is 0.00166. The van der Waals surface area contributed by atoms with Gasteiger partial charge in [-0.05, 0) is 62.1 Å². The molecule has 5 rings (SSSR count). The molecule has 2 fully saturated rings. The predicted octanol–water partition coefficient (Wildman–Crippen LogP) is 4.77. The molecule has 0 spiro atoms. The maximum Gasteiger partial charge on any atom is 0.223 e. The summed E-state index contributed by atoms with van der Waals surface area (Å²) in [6.07, 6.45) is 2.43. The van der Waals surface area contributed by atoms with Crippen LogP contribution in [0.25, 0.3) is 16.7 Å². The lowest BCUT2D eigenvalue weighted by molar-refractivity contribution is -0.126. The van der Waals surface area contributed by atoms with Gasteiger partial charge in [0.25, 0.3) is 0 Å². The van der Waals surface area contributed by atoms with Gasteiger partial charge in [-0.1, -0.05) is 23.2 Å². The number of benzene rings is 2. The van der Waals surface area contributed by atoms with Crippen molar-refractivity contribution in [1.29, 1.82) is 0 Å². The lowest BCUT2D eigenvalue weighted by Gasteiger charge is -2.33. The van der Waals surface area contributed by atoms with Gasteiger partial charge in [0, 0.05) is 31.3 Å². The molecule has 34 heavy (non-hydrogen) atoms. The summed E-state index contributed by atoms with van der Waals surface area (Å²) in [7, 11) is 1.67. The number of halogens is 2. The van der Waals surface area contributed by atoms with Crippen molar-refractivity contribution in [3.63, 3.8) is 0 Å². The Balaban J connectivity index is 1.44. The maximum atomic E-state index is 12.8. The zero-order valence-electron chi connectivity index (χ0n) is 19.3. The van der Waals surface area contributed by atoms with Gasteiger partial charge in [-0.3, -0.25) is 9.36 Å². The van der Waals surface area contributed by atoms with E-state index < -0.39 is 0 Å². The molecule has 2 aliphatic rings. The summed E-state index contributed by atoms with van der Waals surface area (Å²) in [5.74, 6) is 1.78. The highest BCUT2D eigenvalue weighted by Gasteiger charge is 2.30. The SMILES string of the molecule is COc1ccc(-n2c(N3CCC(C(=O)NC4CCOC4)CC3)nc3cc(Cl)c(Cl)cc32)cc1C. The topological polar surface area (TPSA) is 68.6 Å². The second-order valence-electron chi connectivity index (χ2n) is 8.99. The number of hydrogen-bond donors (Lipinski definition) is 1. The molecule has 0 radical (unpaired) electrons. The van der Waals surface area contributed by atoms with Crippen LogP contribution in [-0.2, 0) is 9.53 Å². The van der Waals surface area contributed by atoms with Gasteiger partial charge in [-0.2, -0.15) is 0 Å². The van der Waals surface area contributed by atoms with Crippen LogP contribution in [0.15, 0.2) is 30.3 Å². The van der Waals surface area contributed by atoms with Crippen molar-refractivity contribution in [2.45, 2.75) is 32.2 Å². The van der Waals surface area contributed by atoms with E-state index >= 15 is 0 Å². The summed E-state index contributed by atoms with van der Waals surface area (Å²) in [6, 6.07) is 9.86. The van der Waals surface area contributed by atoms with Crippen LogP contribution in [0.2, 0.25) is 10.0 Å². The number of amides is 1. The highest BCUT2D eigenvalue weighted by Crippen LogP contribution is 2.35. The normalized spacial score (nSPS) is 19.1. The first kappa shape index (κ1) is 23.3. The molecule has 3 aromatic rings. The van der Waals surface area contributed by atoms with Gasteiger partial charge in [0.05, 0.1) is 40.8 Å². The molecule has 7 nitrogen and oxygen atoms in total. The van der Waals surface area contributed by atoms with Crippen LogP contribution in [-0.4, -0.2) is 54.9 Å². The average Bonchev–Trinajstić information content (AvgIpc) is 3.47. The maximum absolute atomic E-state index is 12.8. The van der Waals surface area contributed by atoms with Crippen LogP contribution in [0.3, 0.4) is 0 Å². The summed E-state index contributed by atoms with van der Waals surface area (Å²) < 4.78 is 12.9. The molecule has 180 valence electrons. The van der Waals surface area contributed by atoms with E-state index in [0.717, 1.165) is 72.9 Å². The van der Waals surface area contributed by atoms with Crippen molar-refractivity contribution in [2.75, 3.05) is 38.3 Å². The first-order valence-corrected chi connectivity index (χ1v) is 12.4. The van der Waals surface area contributed by atoms with E-state index in [4.69, 9.17) is 37.7 Å². The number of aromatic nitrogens is 2. The average molecular weight is 503 g/mol. The first-order valence-electron chi connectivity index (χ1n) is 11.6. The molecule has 0 aliphatic carbocycles. The summed E-state index contributed by atoms with van der Waals surface area (Å²) in [5.41, 5.74) is 3.66. The number of methoxy groups -OCH3 is 1. The van der Waals surface area contributed by atoms with E-state index in [-0.39, 0.29) is 17.9 Å². The quantitative estimate of drug-likeness (QED) is 0.544. The number of anilines is 1. The van der Waals surface area contributed by atoms with E-state index in [1.54, 1.807) is 13.2 Å². The molecule has 2 saturated heterocycles. The third-order valence-corrected chi connectivity index (χ3v) is 7.46. The van der Waals surface area contributed by atoms with Gasteiger partial charge in [0.2, 0.25) is 11.9 Å². The lowest BCUT2D eigenvalue weighted by atomic mass is 9.95. The molecule has 3 heterocycles. The predicted molar refractivity (Wildman–Crippen MR) is 135 cm³/mol. The summed E-state index contributed by atoms with van der Waals surface area (Å²) >= 11 is 12.7. The Morgan fingerprint density at radius 1 is 1.15 bits per heavy atom. The Kier molecular flexibility index (Phi) is 6.60. The number of fused-ring (bicyclic) bond motifs is 1. The number of carbonyl (C=O) groups is 1. The van der Waals surface area contributed by atoms with Gasteiger partial charge < -0.3 is 19.7 Å². The molecule has 0 saturated carbocycles. The second-order valence-corrected chi connectivity index (χ2v) is 9.80. The third kappa shape index (κ3) is 4.44. The van der Waals surface area contributed by atoms with E-state index in [1.807, 2.05) is 25.1 Å². The Labute approximate surface area is 208 Å². The second kappa shape index (κ2) is 9.64. The number of carbonyl (C=O) groups excluding carboxylic acids is 1. The molecular formula is C25H28Cl2N4O3. The molecule has 1 atom stereocenters. The lowest BCUT2D eigenvalue weighted by Crippen LogP contribution is -2.44. The fourth-order valence-corrected chi connectivity index (χ4v) is 5.15. The van der Waals surface area contributed by atoms with Crippen LogP contribution >= 0.6 is 23.2 Å². The van der Waals surface area contributed by atoms with Gasteiger partial charge >= 0.3 is 0 Å². The van der Waals surface area contributed by atoms with Crippen molar-refractivity contribution in [1.82, 2.24) is 14.9 Å². The number of aryl methyl sites for hydroxylation is 1. The molecule has 1 amide bonds. The number of piperidine rings is 1. The molecule has 2 aliphatic heterocycles. The fourth-order valence-electron chi connectivity index (χ4n) is 4.84. The number of ether oxygens (including phenoxy) is 2. The Bertz CT molecular complexity index is 1210. The van der Waals surface area contributed by atoms with Crippen molar-refractivity contribution < 1.29 is 14.3 Å². The van der Waals surface area contributed by atoms with Crippen LogP contribution in [0, 0.1) is 12.8 Å². The number of hydrogen-bond acceptors (Lipinski definition) is 5. The summed E-state index contributed by atoms with van der Waals surface area (Å²) in [4.78, 5) is 19.9. The zero-order valence-corrected chi connectivity index (χ0v) is 20.8. The molecule has 2 aromatic carbocycles. The third-order valence-electron chi connectivity index (χ3n) is 6.74. The molecule has 9 heteroatoms. The first-order chi connectivity index (χ1) is 16.4. The molecule has 1 unspecified atom stereocenters. The Hall–Kier alpha value is -2.48. The van der Waals surface area contributed by atoms with E-state index in [0.29, 0.717) is 16.7 Å². The van der Waals surface area contributed by atoms with E-state index in [2.05, 4.69) is 20.9 Å². The van der Waals surface area contributed by atoms with E-state index in [9.17, 15) is 4.79 Å². The van der Waals surface area contributed by atoms with Crippen LogP contribution in [0.4, 0.5) is 5.95 Å². The molecule has 0 bridgehead atoms. The molecular weight excluding hydrogens is 475 g/mol. The van der Waals surface area contributed by atoms with Gasteiger partial charge in [-0.25, -0.2) is 4.98 Å². The standard InChI is InChI=1S/C25H28Cl2N4O3/c1-15-11-18(3-4-23(15)33-2)31-22-13-20(27)19(26)12-21(22)29-25(31)30-8-5-16(6-9-30)24(32)28-17-7-10-34-14-17/h3-4,11-13,16-17H,5-10,14H2,1-2H3,(H,28,32).